The Morgan fingerprint density at radius 1 is 0.778 bits per heavy atom. The van der Waals surface area contributed by atoms with E-state index < -0.39 is 10.5 Å². The SMILES string of the molecule is O=C(Cl)c1cccc(-c2ccccc2)c1C(=O)Cl. The zero-order valence-corrected chi connectivity index (χ0v) is 10.7. The van der Waals surface area contributed by atoms with Crippen molar-refractivity contribution in [1.29, 1.82) is 0 Å². The first-order chi connectivity index (χ1) is 8.61. The zero-order chi connectivity index (χ0) is 13.1. The van der Waals surface area contributed by atoms with E-state index in [9.17, 15) is 9.59 Å². The lowest BCUT2D eigenvalue weighted by molar-refractivity contribution is 0.105. The van der Waals surface area contributed by atoms with Crippen LogP contribution >= 0.6 is 23.2 Å². The van der Waals surface area contributed by atoms with Gasteiger partial charge in [-0.3, -0.25) is 9.59 Å². The number of hydrogen-bond donors (Lipinski definition) is 0. The summed E-state index contributed by atoms with van der Waals surface area (Å²) in [6, 6.07) is 14.1. The Balaban J connectivity index is 2.72. The largest absolute Gasteiger partial charge is 0.276 e. The Morgan fingerprint density at radius 3 is 2.00 bits per heavy atom. The second-order valence-electron chi connectivity index (χ2n) is 3.64. The third-order valence-corrected chi connectivity index (χ3v) is 2.95. The van der Waals surface area contributed by atoms with Gasteiger partial charge in [-0.1, -0.05) is 42.5 Å². The van der Waals surface area contributed by atoms with Crippen LogP contribution in [0.2, 0.25) is 0 Å². The van der Waals surface area contributed by atoms with E-state index in [0.717, 1.165) is 5.56 Å². The molecule has 0 N–H and O–H groups in total. The molecule has 0 bridgehead atoms. The lowest BCUT2D eigenvalue weighted by atomic mass is 9.96. The molecule has 0 spiro atoms. The van der Waals surface area contributed by atoms with Crippen molar-refractivity contribution >= 4 is 33.7 Å². The van der Waals surface area contributed by atoms with Gasteiger partial charge in [0.05, 0.1) is 5.56 Å². The molecule has 0 saturated heterocycles. The zero-order valence-electron chi connectivity index (χ0n) is 9.19. The van der Waals surface area contributed by atoms with Gasteiger partial charge in [0.25, 0.3) is 10.5 Å². The molecule has 0 amide bonds. The van der Waals surface area contributed by atoms with Crippen LogP contribution in [-0.4, -0.2) is 10.5 Å². The molecule has 0 saturated carbocycles. The number of carbonyl (C=O) groups is 2. The van der Waals surface area contributed by atoms with Crippen LogP contribution in [0.5, 0.6) is 0 Å². The Bertz CT molecular complexity index is 606. The minimum atomic E-state index is -0.697. The van der Waals surface area contributed by atoms with Crippen LogP contribution in [0, 0.1) is 0 Å². The number of halogens is 2. The molecule has 18 heavy (non-hydrogen) atoms. The quantitative estimate of drug-likeness (QED) is 0.792. The van der Waals surface area contributed by atoms with Crippen molar-refractivity contribution in [3.05, 3.63) is 59.7 Å². The Hall–Kier alpha value is -1.64. The summed E-state index contributed by atoms with van der Waals surface area (Å²) in [5.41, 5.74) is 1.67. The molecule has 90 valence electrons. The van der Waals surface area contributed by atoms with Gasteiger partial charge in [-0.15, -0.1) is 0 Å². The fourth-order valence-corrected chi connectivity index (χ4v) is 2.15. The average Bonchev–Trinajstić information content (AvgIpc) is 2.38. The Labute approximate surface area is 114 Å². The van der Waals surface area contributed by atoms with E-state index in [4.69, 9.17) is 23.2 Å². The lowest BCUT2D eigenvalue weighted by Gasteiger charge is -2.09. The summed E-state index contributed by atoms with van der Waals surface area (Å²) in [7, 11) is 0. The first-order valence-corrected chi connectivity index (χ1v) is 5.95. The highest BCUT2D eigenvalue weighted by Gasteiger charge is 2.18. The summed E-state index contributed by atoms with van der Waals surface area (Å²) in [6.45, 7) is 0. The molecule has 0 heterocycles. The molecule has 0 aliphatic carbocycles. The van der Waals surface area contributed by atoms with E-state index in [1.54, 1.807) is 12.1 Å². The van der Waals surface area contributed by atoms with Gasteiger partial charge in [0.1, 0.15) is 0 Å². The molecule has 2 rings (SSSR count). The summed E-state index contributed by atoms with van der Waals surface area (Å²) >= 11 is 11.0. The Morgan fingerprint density at radius 2 is 1.44 bits per heavy atom. The second kappa shape index (κ2) is 5.34. The summed E-state index contributed by atoms with van der Waals surface area (Å²) < 4.78 is 0. The number of carbonyl (C=O) groups excluding carboxylic acids is 2. The first kappa shape index (κ1) is 12.8. The average molecular weight is 279 g/mol. The smallest absolute Gasteiger partial charge is 0.253 e. The van der Waals surface area contributed by atoms with Crippen LogP contribution in [0.4, 0.5) is 0 Å². The van der Waals surface area contributed by atoms with Gasteiger partial charge in [-0.2, -0.15) is 0 Å². The van der Waals surface area contributed by atoms with Crippen molar-refractivity contribution in [2.45, 2.75) is 0 Å². The van der Waals surface area contributed by atoms with Crippen molar-refractivity contribution < 1.29 is 9.59 Å². The van der Waals surface area contributed by atoms with Gasteiger partial charge in [-0.25, -0.2) is 0 Å². The highest BCUT2D eigenvalue weighted by Crippen LogP contribution is 2.28. The monoisotopic (exact) mass is 278 g/mol. The van der Waals surface area contributed by atoms with Crippen LogP contribution in [0.25, 0.3) is 11.1 Å². The molecule has 0 atom stereocenters. The minimum Gasteiger partial charge on any atom is -0.276 e. The Kier molecular flexibility index (Phi) is 3.80. The van der Waals surface area contributed by atoms with Gasteiger partial charge in [0.2, 0.25) is 0 Å². The normalized spacial score (nSPS) is 10.1. The molecular formula is C14H8Cl2O2. The standard InChI is InChI=1S/C14H8Cl2O2/c15-13(17)11-8-4-7-10(12(11)14(16)18)9-5-2-1-3-6-9/h1-8H. The molecule has 2 nitrogen and oxygen atoms in total. The molecular weight excluding hydrogens is 271 g/mol. The molecule has 2 aromatic carbocycles. The molecule has 0 radical (unpaired) electrons. The van der Waals surface area contributed by atoms with Crippen LogP contribution in [0.3, 0.4) is 0 Å². The molecule has 0 aliphatic rings. The number of benzene rings is 2. The third kappa shape index (κ3) is 2.45. The third-order valence-electron chi connectivity index (χ3n) is 2.56. The highest BCUT2D eigenvalue weighted by molar-refractivity contribution is 6.72. The molecule has 0 aromatic heterocycles. The maximum absolute atomic E-state index is 11.5. The molecule has 4 heteroatoms. The minimum absolute atomic E-state index is 0.123. The lowest BCUT2D eigenvalue weighted by Crippen LogP contribution is -2.03. The van der Waals surface area contributed by atoms with Crippen molar-refractivity contribution in [3.63, 3.8) is 0 Å². The van der Waals surface area contributed by atoms with Gasteiger partial charge in [-0.05, 0) is 40.4 Å². The van der Waals surface area contributed by atoms with Crippen molar-refractivity contribution in [2.24, 2.45) is 0 Å². The topological polar surface area (TPSA) is 34.1 Å². The molecule has 0 aliphatic heterocycles. The first-order valence-electron chi connectivity index (χ1n) is 5.19. The van der Waals surface area contributed by atoms with Crippen LogP contribution in [0.1, 0.15) is 20.7 Å². The van der Waals surface area contributed by atoms with E-state index in [1.165, 1.54) is 6.07 Å². The molecule has 0 unspecified atom stereocenters. The fraction of sp³-hybridized carbons (Fsp3) is 0. The van der Waals surface area contributed by atoms with E-state index >= 15 is 0 Å². The fourth-order valence-electron chi connectivity index (χ4n) is 1.79. The van der Waals surface area contributed by atoms with E-state index in [0.29, 0.717) is 5.56 Å². The number of hydrogen-bond acceptors (Lipinski definition) is 2. The summed E-state index contributed by atoms with van der Waals surface area (Å²) in [4.78, 5) is 22.8. The van der Waals surface area contributed by atoms with Crippen LogP contribution in [-0.2, 0) is 0 Å². The van der Waals surface area contributed by atoms with E-state index in [1.807, 2.05) is 30.3 Å². The van der Waals surface area contributed by atoms with Crippen molar-refractivity contribution in [2.75, 3.05) is 0 Å². The number of rotatable bonds is 3. The second-order valence-corrected chi connectivity index (χ2v) is 4.33. The van der Waals surface area contributed by atoms with Gasteiger partial charge in [0.15, 0.2) is 0 Å². The summed E-state index contributed by atoms with van der Waals surface area (Å²) in [5, 5.41) is -1.39. The summed E-state index contributed by atoms with van der Waals surface area (Å²) in [6.07, 6.45) is 0. The summed E-state index contributed by atoms with van der Waals surface area (Å²) in [5.74, 6) is 0. The van der Waals surface area contributed by atoms with Crippen molar-refractivity contribution in [3.8, 4) is 11.1 Å². The maximum Gasteiger partial charge on any atom is 0.253 e. The van der Waals surface area contributed by atoms with Gasteiger partial charge in [0, 0.05) is 5.56 Å². The van der Waals surface area contributed by atoms with Crippen molar-refractivity contribution in [1.82, 2.24) is 0 Å². The maximum atomic E-state index is 11.5. The van der Waals surface area contributed by atoms with Crippen LogP contribution < -0.4 is 0 Å². The van der Waals surface area contributed by atoms with Crippen LogP contribution in [0.15, 0.2) is 48.5 Å². The molecule has 2 aromatic rings. The molecule has 0 fully saturated rings. The van der Waals surface area contributed by atoms with E-state index in [2.05, 4.69) is 0 Å². The predicted molar refractivity (Wildman–Crippen MR) is 72.2 cm³/mol. The van der Waals surface area contributed by atoms with Gasteiger partial charge < -0.3 is 0 Å². The predicted octanol–water partition coefficient (Wildman–Crippen LogP) is 4.11. The van der Waals surface area contributed by atoms with Gasteiger partial charge >= 0.3 is 0 Å². The highest BCUT2D eigenvalue weighted by atomic mass is 35.5. The van der Waals surface area contributed by atoms with E-state index in [-0.39, 0.29) is 11.1 Å².